The Morgan fingerprint density at radius 1 is 1.35 bits per heavy atom. The van der Waals surface area contributed by atoms with Crippen molar-refractivity contribution in [2.75, 3.05) is 7.05 Å². The van der Waals surface area contributed by atoms with Gasteiger partial charge in [0.05, 0.1) is 15.7 Å². The first-order valence-corrected chi connectivity index (χ1v) is 6.00. The van der Waals surface area contributed by atoms with Gasteiger partial charge in [-0.05, 0) is 13.1 Å². The molecule has 1 aromatic heterocycles. The normalized spacial score (nSPS) is 10.8. The van der Waals surface area contributed by atoms with Crippen LogP contribution in [0.25, 0.3) is 11.3 Å². The Kier molecular flexibility index (Phi) is 3.72. The number of rotatable bonds is 3. The molecule has 1 heterocycles. The van der Waals surface area contributed by atoms with Gasteiger partial charge in [-0.1, -0.05) is 35.3 Å². The van der Waals surface area contributed by atoms with Crippen LogP contribution in [0, 0.1) is 0 Å². The van der Waals surface area contributed by atoms with Gasteiger partial charge in [0, 0.05) is 30.9 Å². The molecule has 90 valence electrons. The average molecular weight is 270 g/mol. The molecule has 0 radical (unpaired) electrons. The van der Waals surface area contributed by atoms with Crippen LogP contribution in [-0.4, -0.2) is 16.8 Å². The smallest absolute Gasteiger partial charge is 0.0983 e. The minimum atomic E-state index is 0.546. The first-order chi connectivity index (χ1) is 8.13. The molecular formula is C12H13Cl2N3. The average Bonchev–Trinajstić information content (AvgIpc) is 2.64. The van der Waals surface area contributed by atoms with Gasteiger partial charge in [0.1, 0.15) is 0 Å². The van der Waals surface area contributed by atoms with Crippen molar-refractivity contribution in [1.82, 2.24) is 15.1 Å². The standard InChI is InChI=1S/C12H13Cl2N3/c1-15-6-8-7-17(2)16-12(8)9-4-3-5-10(13)11(9)14/h3-5,7,15H,6H2,1-2H3. The largest absolute Gasteiger partial charge is 0.316 e. The van der Waals surface area contributed by atoms with Gasteiger partial charge in [-0.3, -0.25) is 4.68 Å². The van der Waals surface area contributed by atoms with Crippen LogP contribution in [0.3, 0.4) is 0 Å². The number of hydrogen-bond donors (Lipinski definition) is 1. The van der Waals surface area contributed by atoms with Gasteiger partial charge >= 0.3 is 0 Å². The second kappa shape index (κ2) is 5.08. The molecule has 1 N–H and O–H groups in total. The predicted molar refractivity (Wildman–Crippen MR) is 71.4 cm³/mol. The van der Waals surface area contributed by atoms with Gasteiger partial charge in [-0.15, -0.1) is 0 Å². The molecule has 0 spiro atoms. The SMILES string of the molecule is CNCc1cn(C)nc1-c1cccc(Cl)c1Cl. The highest BCUT2D eigenvalue weighted by Crippen LogP contribution is 2.34. The quantitative estimate of drug-likeness (QED) is 0.928. The number of benzene rings is 1. The maximum Gasteiger partial charge on any atom is 0.0983 e. The second-order valence-corrected chi connectivity index (χ2v) is 4.59. The Morgan fingerprint density at radius 2 is 2.12 bits per heavy atom. The fourth-order valence-electron chi connectivity index (χ4n) is 1.77. The van der Waals surface area contributed by atoms with E-state index < -0.39 is 0 Å². The zero-order valence-electron chi connectivity index (χ0n) is 9.67. The topological polar surface area (TPSA) is 29.9 Å². The third kappa shape index (κ3) is 2.46. The summed E-state index contributed by atoms with van der Waals surface area (Å²) in [7, 11) is 3.79. The molecule has 0 bridgehead atoms. The molecule has 17 heavy (non-hydrogen) atoms. The summed E-state index contributed by atoms with van der Waals surface area (Å²) in [6.07, 6.45) is 1.98. The molecule has 3 nitrogen and oxygen atoms in total. The predicted octanol–water partition coefficient (Wildman–Crippen LogP) is 3.11. The third-order valence-electron chi connectivity index (χ3n) is 2.48. The molecule has 0 aliphatic carbocycles. The van der Waals surface area contributed by atoms with Crippen LogP contribution in [0.1, 0.15) is 5.56 Å². The highest BCUT2D eigenvalue weighted by atomic mass is 35.5. The number of nitrogens with one attached hydrogen (secondary N) is 1. The molecule has 0 aliphatic heterocycles. The van der Waals surface area contributed by atoms with Crippen LogP contribution in [-0.2, 0) is 13.6 Å². The van der Waals surface area contributed by atoms with E-state index in [1.807, 2.05) is 32.4 Å². The van der Waals surface area contributed by atoms with Gasteiger partial charge < -0.3 is 5.32 Å². The summed E-state index contributed by atoms with van der Waals surface area (Å²) in [4.78, 5) is 0. The van der Waals surface area contributed by atoms with Crippen molar-refractivity contribution in [3.63, 3.8) is 0 Å². The lowest BCUT2D eigenvalue weighted by Gasteiger charge is -2.05. The number of nitrogens with zero attached hydrogens (tertiary/aromatic N) is 2. The maximum absolute atomic E-state index is 6.21. The van der Waals surface area contributed by atoms with E-state index in [1.54, 1.807) is 10.7 Å². The molecule has 1 aromatic carbocycles. The summed E-state index contributed by atoms with van der Waals surface area (Å²) in [5, 5.41) is 8.64. The first kappa shape index (κ1) is 12.4. The van der Waals surface area contributed by atoms with E-state index >= 15 is 0 Å². The molecular weight excluding hydrogens is 257 g/mol. The van der Waals surface area contributed by atoms with E-state index in [0.29, 0.717) is 10.0 Å². The van der Waals surface area contributed by atoms with Crippen molar-refractivity contribution in [2.24, 2.45) is 7.05 Å². The van der Waals surface area contributed by atoms with E-state index in [2.05, 4.69) is 10.4 Å². The van der Waals surface area contributed by atoms with E-state index in [9.17, 15) is 0 Å². The van der Waals surface area contributed by atoms with Crippen molar-refractivity contribution in [3.8, 4) is 11.3 Å². The van der Waals surface area contributed by atoms with E-state index in [-0.39, 0.29) is 0 Å². The monoisotopic (exact) mass is 269 g/mol. The van der Waals surface area contributed by atoms with Crippen LogP contribution < -0.4 is 5.32 Å². The number of halogens is 2. The number of aryl methyl sites for hydroxylation is 1. The number of aromatic nitrogens is 2. The Hall–Kier alpha value is -1.03. The maximum atomic E-state index is 6.21. The van der Waals surface area contributed by atoms with Crippen LogP contribution in [0.15, 0.2) is 24.4 Å². The first-order valence-electron chi connectivity index (χ1n) is 5.25. The van der Waals surface area contributed by atoms with Crippen molar-refractivity contribution in [2.45, 2.75) is 6.54 Å². The minimum Gasteiger partial charge on any atom is -0.316 e. The summed E-state index contributed by atoms with van der Waals surface area (Å²) < 4.78 is 1.78. The highest BCUT2D eigenvalue weighted by Gasteiger charge is 2.14. The van der Waals surface area contributed by atoms with Crippen molar-refractivity contribution >= 4 is 23.2 Å². The van der Waals surface area contributed by atoms with Crippen molar-refractivity contribution in [3.05, 3.63) is 40.0 Å². The van der Waals surface area contributed by atoms with E-state index in [0.717, 1.165) is 23.4 Å². The van der Waals surface area contributed by atoms with Crippen LogP contribution >= 0.6 is 23.2 Å². The Labute approximate surface area is 110 Å². The van der Waals surface area contributed by atoms with Gasteiger partial charge in [0.25, 0.3) is 0 Å². The summed E-state index contributed by atoms with van der Waals surface area (Å²) in [5.41, 5.74) is 2.83. The summed E-state index contributed by atoms with van der Waals surface area (Å²) in [6.45, 7) is 0.742. The van der Waals surface area contributed by atoms with Crippen LogP contribution in [0.4, 0.5) is 0 Å². The summed E-state index contributed by atoms with van der Waals surface area (Å²) >= 11 is 12.2. The molecule has 0 unspecified atom stereocenters. The fourth-order valence-corrected chi connectivity index (χ4v) is 2.16. The second-order valence-electron chi connectivity index (χ2n) is 3.81. The van der Waals surface area contributed by atoms with Gasteiger partial charge in [-0.25, -0.2) is 0 Å². The van der Waals surface area contributed by atoms with Crippen molar-refractivity contribution < 1.29 is 0 Å². The zero-order chi connectivity index (χ0) is 12.4. The number of hydrogen-bond acceptors (Lipinski definition) is 2. The van der Waals surface area contributed by atoms with Gasteiger partial charge in [0.15, 0.2) is 0 Å². The molecule has 5 heteroatoms. The molecule has 0 fully saturated rings. The molecule has 0 saturated carbocycles. The van der Waals surface area contributed by atoms with E-state index in [1.165, 1.54) is 0 Å². The summed E-state index contributed by atoms with van der Waals surface area (Å²) in [5.74, 6) is 0. The Bertz CT molecular complexity index is 535. The lowest BCUT2D eigenvalue weighted by atomic mass is 10.1. The van der Waals surface area contributed by atoms with Gasteiger partial charge in [0.2, 0.25) is 0 Å². The molecule has 0 amide bonds. The highest BCUT2D eigenvalue weighted by molar-refractivity contribution is 6.43. The molecule has 0 saturated heterocycles. The molecule has 2 rings (SSSR count). The zero-order valence-corrected chi connectivity index (χ0v) is 11.2. The fraction of sp³-hybridized carbons (Fsp3) is 0.250. The van der Waals surface area contributed by atoms with Gasteiger partial charge in [-0.2, -0.15) is 5.10 Å². The van der Waals surface area contributed by atoms with Crippen LogP contribution in [0.5, 0.6) is 0 Å². The Balaban J connectivity index is 2.55. The minimum absolute atomic E-state index is 0.546. The summed E-state index contributed by atoms with van der Waals surface area (Å²) in [6, 6.07) is 5.57. The van der Waals surface area contributed by atoms with Crippen molar-refractivity contribution in [1.29, 1.82) is 0 Å². The molecule has 0 aliphatic rings. The molecule has 2 aromatic rings. The third-order valence-corrected chi connectivity index (χ3v) is 3.30. The van der Waals surface area contributed by atoms with Crippen LogP contribution in [0.2, 0.25) is 10.0 Å². The lowest BCUT2D eigenvalue weighted by molar-refractivity contribution is 0.765. The van der Waals surface area contributed by atoms with E-state index in [4.69, 9.17) is 23.2 Å². The Morgan fingerprint density at radius 3 is 2.82 bits per heavy atom. The lowest BCUT2D eigenvalue weighted by Crippen LogP contribution is -2.05. The molecule has 0 atom stereocenters.